The Balaban J connectivity index is 2.13. The van der Waals surface area contributed by atoms with Crippen LogP contribution >= 0.6 is 0 Å². The first-order chi connectivity index (χ1) is 13.9. The number of hydrogen-bond donors (Lipinski definition) is 0. The largest absolute Gasteiger partial charge is 0.458 e. The van der Waals surface area contributed by atoms with Crippen LogP contribution in [0.4, 0.5) is 0 Å². The molecule has 0 radical (unpaired) electrons. The predicted octanol–water partition coefficient (Wildman–Crippen LogP) is 2.76. The Morgan fingerprint density at radius 2 is 1.73 bits per heavy atom. The van der Waals surface area contributed by atoms with Crippen molar-refractivity contribution in [3.63, 3.8) is 0 Å². The maximum atomic E-state index is 12.9. The molecule has 3 rings (SSSR count). The monoisotopic (exact) mass is 414 g/mol. The molecule has 3 aliphatic rings. The molecule has 1 fully saturated rings. The van der Waals surface area contributed by atoms with Crippen LogP contribution in [-0.4, -0.2) is 41.5 Å². The number of hydrogen-bond acceptors (Lipinski definition) is 7. The van der Waals surface area contributed by atoms with E-state index in [0.717, 1.165) is 11.1 Å². The van der Waals surface area contributed by atoms with Gasteiger partial charge in [-0.1, -0.05) is 24.3 Å². The van der Waals surface area contributed by atoms with E-state index in [1.807, 2.05) is 0 Å². The lowest BCUT2D eigenvalue weighted by Gasteiger charge is -2.34. The molecule has 0 amide bonds. The summed E-state index contributed by atoms with van der Waals surface area (Å²) in [4.78, 5) is 50.3. The molecule has 0 aromatic carbocycles. The van der Waals surface area contributed by atoms with E-state index >= 15 is 0 Å². The molecule has 5 atom stereocenters. The van der Waals surface area contributed by atoms with Crippen molar-refractivity contribution in [3.05, 3.63) is 47.1 Å². The third kappa shape index (κ3) is 3.32. The van der Waals surface area contributed by atoms with Gasteiger partial charge < -0.3 is 14.2 Å². The van der Waals surface area contributed by atoms with Gasteiger partial charge >= 0.3 is 17.9 Å². The molecule has 0 aromatic heterocycles. The lowest BCUT2D eigenvalue weighted by Crippen LogP contribution is -2.50. The van der Waals surface area contributed by atoms with Crippen molar-refractivity contribution in [1.82, 2.24) is 0 Å². The minimum atomic E-state index is -1.71. The van der Waals surface area contributed by atoms with Gasteiger partial charge in [0.15, 0.2) is 5.78 Å². The molecule has 2 aliphatic carbocycles. The van der Waals surface area contributed by atoms with Gasteiger partial charge in [0.25, 0.3) is 0 Å². The molecular formula is C23H26O7. The molecule has 0 spiro atoms. The number of ether oxygens (including phenoxy) is 3. The second kappa shape index (κ2) is 7.38. The van der Waals surface area contributed by atoms with Gasteiger partial charge in [-0.2, -0.15) is 0 Å². The highest BCUT2D eigenvalue weighted by Gasteiger charge is 2.65. The van der Waals surface area contributed by atoms with E-state index in [2.05, 4.69) is 13.2 Å². The molecular weight excluding hydrogens is 388 g/mol. The minimum absolute atomic E-state index is 0.124. The Morgan fingerprint density at radius 1 is 1.13 bits per heavy atom. The molecule has 1 saturated heterocycles. The SMILES string of the molecule is C=C(C)C(=O)O[C@@H]1CC(C)=C2C(=O)C=C(C)[C@@H]2[C@@H]2OC(=O)[C@@](C)(OC(=O)C(=C)C)[C@H]21. The number of esters is 3. The van der Waals surface area contributed by atoms with Gasteiger partial charge in [0.2, 0.25) is 5.60 Å². The van der Waals surface area contributed by atoms with Crippen LogP contribution in [0.2, 0.25) is 0 Å². The molecule has 7 heteroatoms. The summed E-state index contributed by atoms with van der Waals surface area (Å²) in [5, 5.41) is 0. The van der Waals surface area contributed by atoms with Crippen molar-refractivity contribution in [3.8, 4) is 0 Å². The maximum absolute atomic E-state index is 12.9. The smallest absolute Gasteiger partial charge is 0.351 e. The fraction of sp³-hybridized carbons (Fsp3) is 0.478. The van der Waals surface area contributed by atoms with Crippen LogP contribution in [0.25, 0.3) is 0 Å². The summed E-state index contributed by atoms with van der Waals surface area (Å²) in [6.07, 6.45) is 0.0608. The minimum Gasteiger partial charge on any atom is -0.458 e. The highest BCUT2D eigenvalue weighted by atomic mass is 16.6. The first-order valence-corrected chi connectivity index (χ1v) is 9.77. The number of carbonyl (C=O) groups is 4. The van der Waals surface area contributed by atoms with Crippen molar-refractivity contribution in [2.24, 2.45) is 11.8 Å². The zero-order valence-corrected chi connectivity index (χ0v) is 17.9. The molecule has 1 heterocycles. The van der Waals surface area contributed by atoms with Crippen LogP contribution in [-0.2, 0) is 33.4 Å². The van der Waals surface area contributed by atoms with E-state index in [0.29, 0.717) is 5.57 Å². The first kappa shape index (κ1) is 21.7. The summed E-state index contributed by atoms with van der Waals surface area (Å²) < 4.78 is 17.0. The van der Waals surface area contributed by atoms with E-state index in [4.69, 9.17) is 14.2 Å². The normalized spacial score (nSPS) is 32.5. The number of ketones is 1. The molecule has 0 aromatic rings. The van der Waals surface area contributed by atoms with Crippen LogP contribution in [0, 0.1) is 11.8 Å². The quantitative estimate of drug-likeness (QED) is 0.396. The molecule has 0 bridgehead atoms. The average molecular weight is 414 g/mol. The van der Waals surface area contributed by atoms with E-state index < -0.39 is 47.6 Å². The Kier molecular flexibility index (Phi) is 5.35. The maximum Gasteiger partial charge on any atom is 0.351 e. The van der Waals surface area contributed by atoms with E-state index in [9.17, 15) is 19.2 Å². The molecule has 1 aliphatic heterocycles. The van der Waals surface area contributed by atoms with Crippen molar-refractivity contribution >= 4 is 23.7 Å². The van der Waals surface area contributed by atoms with Crippen molar-refractivity contribution < 1.29 is 33.4 Å². The van der Waals surface area contributed by atoms with Crippen molar-refractivity contribution in [2.75, 3.05) is 0 Å². The van der Waals surface area contributed by atoms with Crippen LogP contribution in [0.5, 0.6) is 0 Å². The summed E-state index contributed by atoms with van der Waals surface area (Å²) in [5.74, 6) is -3.56. The van der Waals surface area contributed by atoms with Crippen LogP contribution in [0.3, 0.4) is 0 Å². The predicted molar refractivity (Wildman–Crippen MR) is 107 cm³/mol. The van der Waals surface area contributed by atoms with E-state index in [-0.39, 0.29) is 23.4 Å². The fourth-order valence-corrected chi connectivity index (χ4v) is 4.54. The molecule has 7 nitrogen and oxygen atoms in total. The van der Waals surface area contributed by atoms with Crippen molar-refractivity contribution in [2.45, 2.75) is 58.8 Å². The van der Waals surface area contributed by atoms with Gasteiger partial charge in [-0.15, -0.1) is 0 Å². The molecule has 0 saturated carbocycles. The average Bonchev–Trinajstić information content (AvgIpc) is 3.01. The molecule has 0 unspecified atom stereocenters. The second-order valence-corrected chi connectivity index (χ2v) is 8.53. The van der Waals surface area contributed by atoms with Gasteiger partial charge in [-0.3, -0.25) is 4.79 Å². The number of carbonyl (C=O) groups excluding carboxylic acids is 4. The number of fused-ring (bicyclic) bond motifs is 3. The zero-order valence-electron chi connectivity index (χ0n) is 17.9. The van der Waals surface area contributed by atoms with Gasteiger partial charge in [0, 0.05) is 29.1 Å². The Bertz CT molecular complexity index is 951. The van der Waals surface area contributed by atoms with Crippen LogP contribution in [0.1, 0.15) is 41.0 Å². The Labute approximate surface area is 175 Å². The Morgan fingerprint density at radius 3 is 2.30 bits per heavy atom. The number of allylic oxidation sites excluding steroid dienone is 1. The lowest BCUT2D eigenvalue weighted by atomic mass is 9.77. The van der Waals surface area contributed by atoms with Crippen molar-refractivity contribution in [1.29, 1.82) is 0 Å². The third-order valence-electron chi connectivity index (χ3n) is 6.02. The Hall–Kier alpha value is -2.96. The van der Waals surface area contributed by atoms with Gasteiger partial charge in [0.05, 0.1) is 5.92 Å². The number of rotatable bonds is 4. The molecule has 160 valence electrons. The molecule has 0 N–H and O–H groups in total. The molecule has 30 heavy (non-hydrogen) atoms. The summed E-state index contributed by atoms with van der Waals surface area (Å²) in [7, 11) is 0. The van der Waals surface area contributed by atoms with E-state index in [1.165, 1.54) is 26.8 Å². The van der Waals surface area contributed by atoms with Gasteiger partial charge in [-0.05, 0) is 40.7 Å². The summed E-state index contributed by atoms with van der Waals surface area (Å²) in [5.41, 5.74) is 0.649. The summed E-state index contributed by atoms with van der Waals surface area (Å²) in [6.45, 7) is 15.2. The first-order valence-electron chi connectivity index (χ1n) is 9.77. The third-order valence-corrected chi connectivity index (χ3v) is 6.02. The summed E-state index contributed by atoms with van der Waals surface area (Å²) >= 11 is 0. The van der Waals surface area contributed by atoms with Crippen LogP contribution in [0.15, 0.2) is 47.1 Å². The highest BCUT2D eigenvalue weighted by Crippen LogP contribution is 2.51. The highest BCUT2D eigenvalue weighted by molar-refractivity contribution is 6.09. The van der Waals surface area contributed by atoms with E-state index in [1.54, 1.807) is 13.8 Å². The topological polar surface area (TPSA) is 96.0 Å². The second-order valence-electron chi connectivity index (χ2n) is 8.53. The van der Waals surface area contributed by atoms with Crippen LogP contribution < -0.4 is 0 Å². The zero-order chi connectivity index (χ0) is 22.5. The summed E-state index contributed by atoms with van der Waals surface area (Å²) in [6, 6.07) is 0. The standard InChI is InChI=1S/C23H26O7/c1-10(2)20(25)28-15-9-13(6)16-14(24)8-12(5)17(16)19-18(15)23(7,22(27)29-19)30-21(26)11(3)4/h8,15,17-19H,1,3,9H2,2,4-7H3/t15-,17+,18+,19+,23+/m1/s1. The lowest BCUT2D eigenvalue weighted by molar-refractivity contribution is -0.175. The fourth-order valence-electron chi connectivity index (χ4n) is 4.54. The van der Waals surface area contributed by atoms with Gasteiger partial charge in [-0.25, -0.2) is 14.4 Å². The van der Waals surface area contributed by atoms with Gasteiger partial charge in [0.1, 0.15) is 12.2 Å².